The molecule has 2 aromatic heterocycles. The summed E-state index contributed by atoms with van der Waals surface area (Å²) in [5, 5.41) is 15.1. The van der Waals surface area contributed by atoms with Gasteiger partial charge >= 0.3 is 6.36 Å². The number of nitriles is 1. The summed E-state index contributed by atoms with van der Waals surface area (Å²) in [4.78, 5) is 20.9. The molecule has 35 heavy (non-hydrogen) atoms. The van der Waals surface area contributed by atoms with Crippen molar-refractivity contribution < 1.29 is 31.1 Å². The zero-order chi connectivity index (χ0) is 25.5. The third-order valence-electron chi connectivity index (χ3n) is 4.84. The van der Waals surface area contributed by atoms with E-state index in [-0.39, 0.29) is 22.5 Å². The van der Waals surface area contributed by atoms with E-state index in [0.717, 1.165) is 29.5 Å². The van der Waals surface area contributed by atoms with Gasteiger partial charge in [-0.05, 0) is 38.0 Å². The Morgan fingerprint density at radius 2 is 2.09 bits per heavy atom. The van der Waals surface area contributed by atoms with Crippen LogP contribution in [-0.4, -0.2) is 45.7 Å². The number of amides is 1. The largest absolute Gasteiger partial charge is 0.573 e. The lowest BCUT2D eigenvalue weighted by atomic mass is 10.2. The van der Waals surface area contributed by atoms with Crippen LogP contribution in [0, 0.1) is 11.3 Å². The molecule has 184 valence electrons. The van der Waals surface area contributed by atoms with E-state index in [4.69, 9.17) is 11.0 Å². The number of nitrogens with zero attached hydrogens (tertiary/aromatic N) is 5. The fraction of sp³-hybridized carbons (Fsp3) is 0.316. The molecule has 0 saturated heterocycles. The van der Waals surface area contributed by atoms with Crippen LogP contribution in [-0.2, 0) is 9.84 Å². The summed E-state index contributed by atoms with van der Waals surface area (Å²) in [6.07, 6.45) is -3.01. The molecule has 1 aromatic carbocycles. The van der Waals surface area contributed by atoms with Crippen molar-refractivity contribution in [3.8, 4) is 17.0 Å². The maximum Gasteiger partial charge on any atom is 0.573 e. The number of carbonyl (C=O) groups excluding carboxylic acids is 1. The first-order chi connectivity index (χ1) is 16.4. The van der Waals surface area contributed by atoms with Gasteiger partial charge in [-0.1, -0.05) is 11.3 Å². The molecular formula is C19H16F3N7O4S2. The Morgan fingerprint density at radius 3 is 2.69 bits per heavy atom. The zero-order valence-corrected chi connectivity index (χ0v) is 19.4. The van der Waals surface area contributed by atoms with Gasteiger partial charge in [-0.3, -0.25) is 4.79 Å². The van der Waals surface area contributed by atoms with E-state index < -0.39 is 44.0 Å². The van der Waals surface area contributed by atoms with E-state index in [1.807, 2.05) is 6.07 Å². The van der Waals surface area contributed by atoms with Crippen LogP contribution in [0.4, 0.5) is 19.1 Å². The smallest absolute Gasteiger partial charge is 0.406 e. The molecule has 0 aliphatic heterocycles. The van der Waals surface area contributed by atoms with Crippen molar-refractivity contribution in [2.45, 2.75) is 42.3 Å². The number of ether oxygens (including phenoxy) is 1. The van der Waals surface area contributed by atoms with E-state index in [1.165, 1.54) is 17.8 Å². The van der Waals surface area contributed by atoms with Crippen molar-refractivity contribution in [1.82, 2.24) is 25.1 Å². The fourth-order valence-corrected chi connectivity index (χ4v) is 5.54. The van der Waals surface area contributed by atoms with Gasteiger partial charge in [0, 0.05) is 5.56 Å². The molecule has 1 aliphatic carbocycles. The van der Waals surface area contributed by atoms with Gasteiger partial charge in [-0.2, -0.15) is 14.9 Å². The van der Waals surface area contributed by atoms with E-state index in [0.29, 0.717) is 17.7 Å². The number of sulfone groups is 1. The first-order valence-corrected chi connectivity index (χ1v) is 12.3. The topological polar surface area (TPSA) is 166 Å². The number of nitrogen functional groups attached to an aromatic ring is 1. The van der Waals surface area contributed by atoms with Gasteiger partial charge < -0.3 is 15.8 Å². The Labute approximate surface area is 200 Å². The SMILES string of the molecule is C[C@H](NC(=O)c1cc(OC(F)(F)F)cc(S(=O)(=O)C2CC2)c1)c1nc(N)nn1-c1ncc(C#N)s1. The van der Waals surface area contributed by atoms with Gasteiger partial charge in [-0.15, -0.1) is 18.3 Å². The molecule has 16 heteroatoms. The lowest BCUT2D eigenvalue weighted by molar-refractivity contribution is -0.274. The number of hydrogen-bond acceptors (Lipinski definition) is 10. The standard InChI is InChI=1S/C19H16F3N7O4S2/c1-9(15-27-17(24)28-29(15)18-25-8-12(7-23)34-18)26-16(30)10-4-11(33-19(20,21)22)6-14(5-10)35(31,32)13-2-3-13/h4-6,8-9,13H,2-3H2,1H3,(H2,24,28)(H,26,30)/t9-/m0/s1. The average Bonchev–Trinajstić information content (AvgIpc) is 3.41. The lowest BCUT2D eigenvalue weighted by Crippen LogP contribution is -2.29. The van der Waals surface area contributed by atoms with Crippen LogP contribution < -0.4 is 15.8 Å². The molecule has 1 fully saturated rings. The third kappa shape index (κ3) is 5.35. The molecule has 11 nitrogen and oxygen atoms in total. The monoisotopic (exact) mass is 527 g/mol. The molecule has 1 saturated carbocycles. The Kier molecular flexibility index (Phi) is 6.15. The molecule has 1 amide bonds. The molecule has 2 heterocycles. The fourth-order valence-electron chi connectivity index (χ4n) is 3.15. The van der Waals surface area contributed by atoms with Crippen molar-refractivity contribution in [3.63, 3.8) is 0 Å². The van der Waals surface area contributed by atoms with E-state index in [9.17, 15) is 26.4 Å². The Morgan fingerprint density at radius 1 is 1.37 bits per heavy atom. The second-order valence-corrected chi connectivity index (χ2v) is 10.8. The predicted molar refractivity (Wildman–Crippen MR) is 115 cm³/mol. The molecular weight excluding hydrogens is 511 g/mol. The molecule has 4 rings (SSSR count). The van der Waals surface area contributed by atoms with Gasteiger partial charge in [0.2, 0.25) is 11.1 Å². The molecule has 1 aliphatic rings. The molecule has 0 spiro atoms. The maximum atomic E-state index is 12.9. The van der Waals surface area contributed by atoms with Gasteiger partial charge in [-0.25, -0.2) is 13.4 Å². The predicted octanol–water partition coefficient (Wildman–Crippen LogP) is 2.50. The number of benzene rings is 1. The van der Waals surface area contributed by atoms with Gasteiger partial charge in [0.15, 0.2) is 15.7 Å². The number of rotatable bonds is 7. The van der Waals surface area contributed by atoms with E-state index in [2.05, 4.69) is 25.1 Å². The Hall–Kier alpha value is -3.71. The van der Waals surface area contributed by atoms with Crippen molar-refractivity contribution in [2.75, 3.05) is 5.73 Å². The molecule has 3 N–H and O–H groups in total. The minimum Gasteiger partial charge on any atom is -0.406 e. The second-order valence-electron chi connectivity index (χ2n) is 7.54. The molecule has 3 aromatic rings. The van der Waals surface area contributed by atoms with Gasteiger partial charge in [0.1, 0.15) is 16.7 Å². The average molecular weight is 528 g/mol. The highest BCUT2D eigenvalue weighted by Crippen LogP contribution is 2.36. The number of thiazole rings is 1. The summed E-state index contributed by atoms with van der Waals surface area (Å²) >= 11 is 0.997. The minimum atomic E-state index is -5.09. The summed E-state index contributed by atoms with van der Waals surface area (Å²) in [6, 6.07) is 3.57. The zero-order valence-electron chi connectivity index (χ0n) is 17.8. The summed E-state index contributed by atoms with van der Waals surface area (Å²) in [5.41, 5.74) is 5.32. The van der Waals surface area contributed by atoms with Gasteiger partial charge in [0.25, 0.3) is 5.91 Å². The van der Waals surface area contributed by atoms with E-state index in [1.54, 1.807) is 0 Å². The quantitative estimate of drug-likeness (QED) is 0.469. The normalized spacial score (nSPS) is 14.8. The summed E-state index contributed by atoms with van der Waals surface area (Å²) in [6.45, 7) is 1.51. The first kappa shape index (κ1) is 24.4. The molecule has 0 radical (unpaired) electrons. The van der Waals surface area contributed by atoms with Crippen molar-refractivity contribution in [1.29, 1.82) is 5.26 Å². The van der Waals surface area contributed by atoms with Crippen LogP contribution in [0.15, 0.2) is 29.3 Å². The Balaban J connectivity index is 1.65. The van der Waals surface area contributed by atoms with Crippen LogP contribution in [0.25, 0.3) is 5.13 Å². The number of halogens is 3. The molecule has 0 bridgehead atoms. The highest BCUT2D eigenvalue weighted by Gasteiger charge is 2.38. The van der Waals surface area contributed by atoms with Crippen molar-refractivity contribution in [2.24, 2.45) is 0 Å². The van der Waals surface area contributed by atoms with Crippen LogP contribution in [0.5, 0.6) is 5.75 Å². The number of alkyl halides is 3. The molecule has 1 atom stereocenters. The summed E-state index contributed by atoms with van der Waals surface area (Å²) < 4.78 is 68.8. The van der Waals surface area contributed by atoms with Crippen molar-refractivity contribution in [3.05, 3.63) is 40.7 Å². The number of carbonyl (C=O) groups is 1. The van der Waals surface area contributed by atoms with Gasteiger partial charge in [0.05, 0.1) is 22.4 Å². The maximum absolute atomic E-state index is 12.9. The number of anilines is 1. The lowest BCUT2D eigenvalue weighted by Gasteiger charge is -2.16. The summed E-state index contributed by atoms with van der Waals surface area (Å²) in [7, 11) is -3.92. The number of nitrogens with two attached hydrogens (primary N) is 1. The minimum absolute atomic E-state index is 0.128. The van der Waals surface area contributed by atoms with Crippen LogP contribution in [0.2, 0.25) is 0 Å². The molecule has 0 unspecified atom stereocenters. The first-order valence-electron chi connectivity index (χ1n) is 9.91. The number of nitrogens with one attached hydrogen (secondary N) is 1. The van der Waals surface area contributed by atoms with Crippen LogP contribution in [0.3, 0.4) is 0 Å². The highest BCUT2D eigenvalue weighted by atomic mass is 32.2. The third-order valence-corrected chi connectivity index (χ3v) is 7.96. The van der Waals surface area contributed by atoms with Crippen molar-refractivity contribution >= 4 is 33.0 Å². The van der Waals surface area contributed by atoms with Crippen LogP contribution in [0.1, 0.15) is 46.9 Å². The van der Waals surface area contributed by atoms with Crippen LogP contribution >= 0.6 is 11.3 Å². The van der Waals surface area contributed by atoms with E-state index >= 15 is 0 Å². The number of aromatic nitrogens is 4. The Bertz CT molecular complexity index is 1440. The summed E-state index contributed by atoms with van der Waals surface area (Å²) in [5.74, 6) is -1.74. The highest BCUT2D eigenvalue weighted by molar-refractivity contribution is 7.92. The second kappa shape index (κ2) is 8.82. The number of hydrogen-bond donors (Lipinski definition) is 2.